The first-order valence-electron chi connectivity index (χ1n) is 7.98. The van der Waals surface area contributed by atoms with Gasteiger partial charge in [0.2, 0.25) is 15.7 Å². The molecule has 0 bridgehead atoms. The lowest BCUT2D eigenvalue weighted by Crippen LogP contribution is -2.22. The van der Waals surface area contributed by atoms with Gasteiger partial charge in [-0.2, -0.15) is 0 Å². The van der Waals surface area contributed by atoms with Crippen LogP contribution in [0.4, 0.5) is 0 Å². The molecule has 9 heteroatoms. The number of aromatic nitrogens is 2. The number of aryl methyl sites for hydroxylation is 1. The zero-order valence-corrected chi connectivity index (χ0v) is 15.9. The maximum Gasteiger partial charge on any atom is 0.335 e. The number of nitrogens with one attached hydrogen (secondary N) is 1. The average Bonchev–Trinajstić information content (AvgIpc) is 3.12. The zero-order valence-electron chi connectivity index (χ0n) is 14.3. The van der Waals surface area contributed by atoms with Gasteiger partial charge in [0.05, 0.1) is 12.3 Å². The van der Waals surface area contributed by atoms with Crippen molar-refractivity contribution in [1.29, 1.82) is 0 Å². The molecular formula is C18H16ClN3O4S. The second kappa shape index (κ2) is 7.89. The van der Waals surface area contributed by atoms with Gasteiger partial charge in [-0.05, 0) is 36.8 Å². The Balaban J connectivity index is 1.64. The van der Waals surface area contributed by atoms with Crippen LogP contribution in [0.1, 0.15) is 27.4 Å². The van der Waals surface area contributed by atoms with Gasteiger partial charge >= 0.3 is 5.22 Å². The van der Waals surface area contributed by atoms with Gasteiger partial charge in [-0.15, -0.1) is 5.10 Å². The van der Waals surface area contributed by atoms with Crippen LogP contribution in [0.2, 0.25) is 5.02 Å². The molecular weight excluding hydrogens is 390 g/mol. The number of carbonyl (C=O) groups is 1. The summed E-state index contributed by atoms with van der Waals surface area (Å²) in [6, 6.07) is 13.5. The Hall–Kier alpha value is -2.71. The third kappa shape index (κ3) is 4.93. The summed E-state index contributed by atoms with van der Waals surface area (Å²) >= 11 is 5.79. The largest absolute Gasteiger partial charge is 0.411 e. The van der Waals surface area contributed by atoms with Crippen molar-refractivity contribution in [2.45, 2.75) is 24.4 Å². The highest BCUT2D eigenvalue weighted by molar-refractivity contribution is 7.90. The Labute approximate surface area is 161 Å². The van der Waals surface area contributed by atoms with E-state index < -0.39 is 15.1 Å². The van der Waals surface area contributed by atoms with Crippen molar-refractivity contribution >= 4 is 27.3 Å². The second-order valence-corrected chi connectivity index (χ2v) is 8.20. The summed E-state index contributed by atoms with van der Waals surface area (Å²) < 4.78 is 29.9. The molecule has 3 rings (SSSR count). The summed E-state index contributed by atoms with van der Waals surface area (Å²) in [7, 11) is -3.80. The number of benzene rings is 2. The SMILES string of the molecule is Cc1ccc(C(=O)NCc2nnc(S(=O)(=O)Cc3ccc(Cl)cc3)o2)cc1. The van der Waals surface area contributed by atoms with E-state index in [0.29, 0.717) is 16.1 Å². The normalized spacial score (nSPS) is 11.3. The van der Waals surface area contributed by atoms with Gasteiger partial charge in [0.1, 0.15) is 0 Å². The molecule has 0 spiro atoms. The highest BCUT2D eigenvalue weighted by atomic mass is 35.5. The molecule has 1 amide bonds. The quantitative estimate of drug-likeness (QED) is 0.676. The van der Waals surface area contributed by atoms with Crippen LogP contribution in [0, 0.1) is 6.92 Å². The minimum atomic E-state index is -3.80. The summed E-state index contributed by atoms with van der Waals surface area (Å²) in [4.78, 5) is 12.1. The van der Waals surface area contributed by atoms with Crippen LogP contribution in [-0.2, 0) is 22.1 Å². The molecule has 27 heavy (non-hydrogen) atoms. The topological polar surface area (TPSA) is 102 Å². The van der Waals surface area contributed by atoms with Crippen LogP contribution in [0.25, 0.3) is 0 Å². The Bertz CT molecular complexity index is 1040. The highest BCUT2D eigenvalue weighted by Gasteiger charge is 2.23. The first-order chi connectivity index (χ1) is 12.8. The predicted octanol–water partition coefficient (Wildman–Crippen LogP) is 2.94. The number of amides is 1. The molecule has 1 N–H and O–H groups in total. The van der Waals surface area contributed by atoms with E-state index in [1.165, 1.54) is 0 Å². The van der Waals surface area contributed by atoms with Crippen LogP contribution >= 0.6 is 11.6 Å². The van der Waals surface area contributed by atoms with E-state index >= 15 is 0 Å². The van der Waals surface area contributed by atoms with E-state index in [2.05, 4.69) is 15.5 Å². The third-order valence-electron chi connectivity index (χ3n) is 3.70. The molecule has 7 nitrogen and oxygen atoms in total. The van der Waals surface area contributed by atoms with Crippen molar-refractivity contribution in [3.05, 3.63) is 76.1 Å². The van der Waals surface area contributed by atoms with Gasteiger partial charge in [-0.1, -0.05) is 46.5 Å². The standard InChI is InChI=1S/C18H16ClN3O4S/c1-12-2-6-14(7-3-12)17(23)20-10-16-21-22-18(26-16)27(24,25)11-13-4-8-15(19)9-5-13/h2-9H,10-11H2,1H3,(H,20,23). The highest BCUT2D eigenvalue weighted by Crippen LogP contribution is 2.17. The number of hydrogen-bond donors (Lipinski definition) is 1. The number of carbonyl (C=O) groups excluding carboxylic acids is 1. The molecule has 1 aromatic heterocycles. The van der Waals surface area contributed by atoms with Crippen molar-refractivity contribution in [3.63, 3.8) is 0 Å². The van der Waals surface area contributed by atoms with E-state index in [-0.39, 0.29) is 24.1 Å². The number of nitrogens with zero attached hydrogens (tertiary/aromatic N) is 2. The minimum Gasteiger partial charge on any atom is -0.411 e. The monoisotopic (exact) mass is 405 g/mol. The number of rotatable bonds is 6. The van der Waals surface area contributed by atoms with E-state index in [9.17, 15) is 13.2 Å². The first kappa shape index (κ1) is 19.1. The molecule has 0 aliphatic carbocycles. The lowest BCUT2D eigenvalue weighted by Gasteiger charge is -2.03. The summed E-state index contributed by atoms with van der Waals surface area (Å²) in [6.45, 7) is 1.85. The fourth-order valence-corrected chi connectivity index (χ4v) is 3.53. The first-order valence-corrected chi connectivity index (χ1v) is 10.0. The second-order valence-electron chi connectivity index (χ2n) is 5.90. The molecule has 2 aromatic carbocycles. The van der Waals surface area contributed by atoms with Crippen molar-refractivity contribution in [1.82, 2.24) is 15.5 Å². The van der Waals surface area contributed by atoms with Crippen LogP contribution in [-0.4, -0.2) is 24.5 Å². The van der Waals surface area contributed by atoms with Crippen LogP contribution in [0.3, 0.4) is 0 Å². The maximum atomic E-state index is 12.4. The van der Waals surface area contributed by atoms with Gasteiger partial charge < -0.3 is 9.73 Å². The molecule has 0 saturated heterocycles. The molecule has 0 saturated carbocycles. The molecule has 0 atom stereocenters. The average molecular weight is 406 g/mol. The van der Waals surface area contributed by atoms with Crippen molar-refractivity contribution in [2.75, 3.05) is 0 Å². The Morgan fingerprint density at radius 3 is 2.41 bits per heavy atom. The minimum absolute atomic E-state index is 0.00476. The van der Waals surface area contributed by atoms with Gasteiger partial charge in [-0.25, -0.2) is 8.42 Å². The van der Waals surface area contributed by atoms with Gasteiger partial charge in [-0.3, -0.25) is 4.79 Å². The molecule has 140 valence electrons. The Morgan fingerprint density at radius 2 is 1.74 bits per heavy atom. The summed E-state index contributed by atoms with van der Waals surface area (Å²) in [5, 5.41) is 9.90. The van der Waals surface area contributed by atoms with E-state index in [1.807, 2.05) is 19.1 Å². The van der Waals surface area contributed by atoms with Crippen LogP contribution in [0.5, 0.6) is 0 Å². The molecule has 0 fully saturated rings. The smallest absolute Gasteiger partial charge is 0.335 e. The summed E-state index contributed by atoms with van der Waals surface area (Å²) in [6.07, 6.45) is 0. The van der Waals surface area contributed by atoms with Crippen molar-refractivity contribution in [2.24, 2.45) is 0 Å². The number of hydrogen-bond acceptors (Lipinski definition) is 6. The number of sulfone groups is 1. The fourth-order valence-electron chi connectivity index (χ4n) is 2.26. The molecule has 0 radical (unpaired) electrons. The van der Waals surface area contributed by atoms with E-state index in [4.69, 9.17) is 16.0 Å². The van der Waals surface area contributed by atoms with Crippen molar-refractivity contribution in [3.8, 4) is 0 Å². The molecule has 1 heterocycles. The molecule has 0 aliphatic rings. The lowest BCUT2D eigenvalue weighted by atomic mass is 10.1. The molecule has 0 aliphatic heterocycles. The fraction of sp³-hybridized carbons (Fsp3) is 0.167. The van der Waals surface area contributed by atoms with E-state index in [0.717, 1.165) is 5.56 Å². The van der Waals surface area contributed by atoms with Crippen molar-refractivity contribution < 1.29 is 17.6 Å². The lowest BCUT2D eigenvalue weighted by molar-refractivity contribution is 0.0946. The van der Waals surface area contributed by atoms with E-state index in [1.54, 1.807) is 36.4 Å². The Kier molecular flexibility index (Phi) is 5.57. The predicted molar refractivity (Wildman–Crippen MR) is 99.0 cm³/mol. The molecule has 0 unspecified atom stereocenters. The third-order valence-corrected chi connectivity index (χ3v) is 5.36. The zero-order chi connectivity index (χ0) is 19.4. The Morgan fingerprint density at radius 1 is 1.07 bits per heavy atom. The maximum absolute atomic E-state index is 12.4. The summed E-state index contributed by atoms with van der Waals surface area (Å²) in [5.74, 6) is -0.606. The number of halogens is 1. The van der Waals surface area contributed by atoms with Gasteiger partial charge in [0.15, 0.2) is 0 Å². The van der Waals surface area contributed by atoms with Gasteiger partial charge in [0, 0.05) is 10.6 Å². The summed E-state index contributed by atoms with van der Waals surface area (Å²) in [5.41, 5.74) is 2.07. The van der Waals surface area contributed by atoms with Crippen LogP contribution < -0.4 is 5.32 Å². The van der Waals surface area contributed by atoms with Crippen LogP contribution in [0.15, 0.2) is 58.2 Å². The van der Waals surface area contributed by atoms with Gasteiger partial charge in [0.25, 0.3) is 5.91 Å². The molecule has 3 aromatic rings.